The normalized spacial score (nSPS) is 11.4. The van der Waals surface area contributed by atoms with Gasteiger partial charge in [0.15, 0.2) is 0 Å². The zero-order valence-corrected chi connectivity index (χ0v) is 22.1. The molecule has 0 aliphatic rings. The van der Waals surface area contributed by atoms with Crippen molar-refractivity contribution in [2.75, 3.05) is 12.0 Å². The van der Waals surface area contributed by atoms with Crippen molar-refractivity contribution in [1.29, 1.82) is 0 Å². The number of hydrazone groups is 1. The number of anilines is 1. The minimum Gasteiger partial charge on any atom is -0.487 e. The van der Waals surface area contributed by atoms with Gasteiger partial charge in [0, 0.05) is 41.1 Å². The Bertz CT molecular complexity index is 1740. The average Bonchev–Trinajstić information content (AvgIpc) is 2.96. The van der Waals surface area contributed by atoms with Gasteiger partial charge in [0.1, 0.15) is 23.7 Å². The smallest absolute Gasteiger partial charge is 0.340 e. The molecule has 0 bridgehead atoms. The number of hydrogen-bond donors (Lipinski definition) is 1. The number of non-ortho nitro benzene ring substituents is 1. The van der Waals surface area contributed by atoms with E-state index < -0.39 is 4.92 Å². The maximum atomic E-state index is 12.9. The Balaban J connectivity index is 1.38. The standard InChI is InChI=1S/C32H27N3O5/c1-21-8-10-24(11-9-21)30(34-33-25-12-14-26(15-13-25)35(37)38)20-39-27-16-17-28-22(2)29(32(36)40-31(28)19-27)18-23-6-4-3-5-7-23/h3-17,19,33H,18,20H2,1-2H3/b34-30-. The SMILES string of the molecule is Cc1ccc(/C(COc2ccc3c(C)c(Cc4ccccc4)c(=O)oc3c2)=N\Nc2ccc([N+](=O)[O-])cc2)cc1. The van der Waals surface area contributed by atoms with E-state index in [0.29, 0.717) is 34.7 Å². The van der Waals surface area contributed by atoms with E-state index in [1.807, 2.05) is 80.6 Å². The largest absolute Gasteiger partial charge is 0.487 e. The molecule has 1 aromatic heterocycles. The number of nitrogens with one attached hydrogen (secondary N) is 1. The summed E-state index contributed by atoms with van der Waals surface area (Å²) in [6.45, 7) is 4.07. The van der Waals surface area contributed by atoms with E-state index in [1.165, 1.54) is 12.1 Å². The summed E-state index contributed by atoms with van der Waals surface area (Å²) in [4.78, 5) is 23.3. The van der Waals surface area contributed by atoms with E-state index in [1.54, 1.807) is 18.2 Å². The molecule has 4 aromatic carbocycles. The van der Waals surface area contributed by atoms with Gasteiger partial charge >= 0.3 is 5.63 Å². The number of nitro groups is 1. The molecule has 0 amide bonds. The lowest BCUT2D eigenvalue weighted by molar-refractivity contribution is -0.384. The fourth-order valence-electron chi connectivity index (χ4n) is 4.34. The van der Waals surface area contributed by atoms with Crippen molar-refractivity contribution in [3.05, 3.63) is 145 Å². The maximum Gasteiger partial charge on any atom is 0.340 e. The Kier molecular flexibility index (Phi) is 7.68. The number of aryl methyl sites for hydroxylation is 2. The van der Waals surface area contributed by atoms with Crippen molar-refractivity contribution in [3.63, 3.8) is 0 Å². The molecule has 1 heterocycles. The van der Waals surface area contributed by atoms with Crippen molar-refractivity contribution in [2.24, 2.45) is 5.10 Å². The Labute approximate surface area is 230 Å². The summed E-state index contributed by atoms with van der Waals surface area (Å²) in [7, 11) is 0. The minimum absolute atomic E-state index is 0.00185. The molecule has 0 aliphatic heterocycles. The maximum absolute atomic E-state index is 12.9. The lowest BCUT2D eigenvalue weighted by atomic mass is 10.00. The van der Waals surface area contributed by atoms with Crippen LogP contribution in [0.4, 0.5) is 11.4 Å². The molecule has 40 heavy (non-hydrogen) atoms. The molecule has 0 atom stereocenters. The number of benzene rings is 4. The van der Waals surface area contributed by atoms with Gasteiger partial charge < -0.3 is 9.15 Å². The van der Waals surface area contributed by atoms with Gasteiger partial charge in [0.05, 0.1) is 10.6 Å². The highest BCUT2D eigenvalue weighted by molar-refractivity contribution is 6.02. The number of nitro benzene ring substituents is 1. The summed E-state index contributed by atoms with van der Waals surface area (Å²) < 4.78 is 11.8. The van der Waals surface area contributed by atoms with Crippen LogP contribution in [0.25, 0.3) is 11.0 Å². The zero-order chi connectivity index (χ0) is 28.1. The molecule has 0 saturated heterocycles. The van der Waals surface area contributed by atoms with Crippen LogP contribution >= 0.6 is 0 Å². The fraction of sp³-hybridized carbons (Fsp3) is 0.125. The molecule has 0 saturated carbocycles. The third-order valence-corrected chi connectivity index (χ3v) is 6.64. The van der Waals surface area contributed by atoms with Gasteiger partial charge in [-0.3, -0.25) is 15.5 Å². The summed E-state index contributed by atoms with van der Waals surface area (Å²) in [5, 5.41) is 16.3. The van der Waals surface area contributed by atoms with Crippen molar-refractivity contribution >= 4 is 28.1 Å². The summed E-state index contributed by atoms with van der Waals surface area (Å²) in [5.41, 5.74) is 8.80. The van der Waals surface area contributed by atoms with Gasteiger partial charge in [-0.25, -0.2) is 4.79 Å². The first-order chi connectivity index (χ1) is 19.4. The van der Waals surface area contributed by atoms with Gasteiger partial charge in [-0.1, -0.05) is 60.2 Å². The number of nitrogens with zero attached hydrogens (tertiary/aromatic N) is 2. The van der Waals surface area contributed by atoms with Crippen LogP contribution in [-0.4, -0.2) is 17.2 Å². The average molecular weight is 534 g/mol. The van der Waals surface area contributed by atoms with E-state index in [-0.39, 0.29) is 17.9 Å². The molecule has 0 unspecified atom stereocenters. The second-order valence-electron chi connectivity index (χ2n) is 9.44. The summed E-state index contributed by atoms with van der Waals surface area (Å²) in [6.07, 6.45) is 0.501. The van der Waals surface area contributed by atoms with Gasteiger partial charge in [-0.05, 0) is 49.2 Å². The summed E-state index contributed by atoms with van der Waals surface area (Å²) in [5.74, 6) is 0.529. The van der Waals surface area contributed by atoms with Gasteiger partial charge in [0.25, 0.3) is 5.69 Å². The third kappa shape index (κ3) is 6.07. The number of ether oxygens (including phenoxy) is 1. The van der Waals surface area contributed by atoms with Crippen LogP contribution in [0.5, 0.6) is 5.75 Å². The molecule has 1 N–H and O–H groups in total. The Morgan fingerprint density at radius 2 is 1.68 bits per heavy atom. The highest BCUT2D eigenvalue weighted by Gasteiger charge is 2.14. The topological polar surface area (TPSA) is 107 Å². The molecular formula is C32H27N3O5. The molecule has 200 valence electrons. The van der Waals surface area contributed by atoms with Crippen LogP contribution in [0.1, 0.15) is 27.8 Å². The Hall–Kier alpha value is -5.24. The molecule has 0 fully saturated rings. The van der Waals surface area contributed by atoms with Crippen molar-refractivity contribution in [1.82, 2.24) is 0 Å². The van der Waals surface area contributed by atoms with Crippen molar-refractivity contribution in [3.8, 4) is 5.75 Å². The molecule has 0 radical (unpaired) electrons. The molecule has 8 nitrogen and oxygen atoms in total. The minimum atomic E-state index is -0.449. The van der Waals surface area contributed by atoms with Crippen LogP contribution in [0.15, 0.2) is 111 Å². The lowest BCUT2D eigenvalue weighted by Crippen LogP contribution is -2.15. The summed E-state index contributed by atoms with van der Waals surface area (Å²) in [6, 6.07) is 29.2. The fourth-order valence-corrected chi connectivity index (χ4v) is 4.34. The molecule has 0 spiro atoms. The van der Waals surface area contributed by atoms with Crippen LogP contribution in [0.3, 0.4) is 0 Å². The van der Waals surface area contributed by atoms with Gasteiger partial charge in [0.2, 0.25) is 0 Å². The van der Waals surface area contributed by atoms with E-state index in [2.05, 4.69) is 10.5 Å². The van der Waals surface area contributed by atoms with Crippen LogP contribution < -0.4 is 15.8 Å². The molecule has 5 rings (SSSR count). The number of rotatable bonds is 9. The first-order valence-corrected chi connectivity index (χ1v) is 12.7. The Morgan fingerprint density at radius 1 is 0.950 bits per heavy atom. The highest BCUT2D eigenvalue weighted by Crippen LogP contribution is 2.25. The first-order valence-electron chi connectivity index (χ1n) is 12.7. The second kappa shape index (κ2) is 11.7. The van der Waals surface area contributed by atoms with E-state index in [0.717, 1.165) is 27.6 Å². The highest BCUT2D eigenvalue weighted by atomic mass is 16.6. The third-order valence-electron chi connectivity index (χ3n) is 6.64. The van der Waals surface area contributed by atoms with Crippen molar-refractivity contribution < 1.29 is 14.1 Å². The quantitative estimate of drug-likeness (QED) is 0.0966. The number of hydrogen-bond acceptors (Lipinski definition) is 7. The lowest BCUT2D eigenvalue weighted by Gasteiger charge is -2.12. The number of fused-ring (bicyclic) bond motifs is 1. The second-order valence-corrected chi connectivity index (χ2v) is 9.44. The van der Waals surface area contributed by atoms with E-state index in [4.69, 9.17) is 9.15 Å². The molecule has 5 aromatic rings. The van der Waals surface area contributed by atoms with Crippen LogP contribution in [0.2, 0.25) is 0 Å². The first kappa shape index (κ1) is 26.4. The molecular weight excluding hydrogens is 506 g/mol. The molecule has 0 aliphatic carbocycles. The Morgan fingerprint density at radius 3 is 2.38 bits per heavy atom. The van der Waals surface area contributed by atoms with Gasteiger partial charge in [-0.2, -0.15) is 5.10 Å². The van der Waals surface area contributed by atoms with E-state index >= 15 is 0 Å². The monoisotopic (exact) mass is 533 g/mol. The summed E-state index contributed by atoms with van der Waals surface area (Å²) >= 11 is 0. The predicted octanol–water partition coefficient (Wildman–Crippen LogP) is 6.80. The predicted molar refractivity (Wildman–Crippen MR) is 156 cm³/mol. The van der Waals surface area contributed by atoms with Gasteiger partial charge in [-0.15, -0.1) is 0 Å². The van der Waals surface area contributed by atoms with Crippen molar-refractivity contribution in [2.45, 2.75) is 20.3 Å². The van der Waals surface area contributed by atoms with Crippen LogP contribution in [-0.2, 0) is 6.42 Å². The molecule has 8 heteroatoms. The van der Waals surface area contributed by atoms with Crippen LogP contribution in [0, 0.1) is 24.0 Å². The van der Waals surface area contributed by atoms with E-state index in [9.17, 15) is 14.9 Å². The zero-order valence-electron chi connectivity index (χ0n) is 22.1.